The summed E-state index contributed by atoms with van der Waals surface area (Å²) in [6.45, 7) is 4.65. The van der Waals surface area contributed by atoms with Gasteiger partial charge in [0.25, 0.3) is 11.8 Å². The number of carbonyl (C=O) groups is 3. The zero-order chi connectivity index (χ0) is 30.8. The number of nitrogens with one attached hydrogen (secondary N) is 2. The molecule has 4 aromatic rings. The van der Waals surface area contributed by atoms with E-state index in [0.29, 0.717) is 22.2 Å². The maximum absolute atomic E-state index is 13.7. The summed E-state index contributed by atoms with van der Waals surface area (Å²) in [5.41, 5.74) is -2.34. The van der Waals surface area contributed by atoms with Gasteiger partial charge < -0.3 is 20.1 Å². The summed E-state index contributed by atoms with van der Waals surface area (Å²) < 4.78 is 64.4. The lowest BCUT2D eigenvalue weighted by Gasteiger charge is -2.19. The van der Waals surface area contributed by atoms with Crippen LogP contribution < -0.4 is 15.4 Å². The van der Waals surface area contributed by atoms with Crippen LogP contribution in [0.1, 0.15) is 46.4 Å². The average Bonchev–Trinajstić information content (AvgIpc) is 3.24. The molecule has 2 aromatic heterocycles. The van der Waals surface area contributed by atoms with E-state index in [0.717, 1.165) is 17.4 Å². The largest absolute Gasteiger partial charge is 0.484 e. The molecule has 4 rings (SSSR count). The van der Waals surface area contributed by atoms with E-state index in [1.165, 1.54) is 30.5 Å². The van der Waals surface area contributed by atoms with Crippen LogP contribution in [0.3, 0.4) is 0 Å². The Morgan fingerprint density at radius 3 is 2.45 bits per heavy atom. The van der Waals surface area contributed by atoms with Gasteiger partial charge >= 0.3 is 12.1 Å². The van der Waals surface area contributed by atoms with Gasteiger partial charge in [-0.2, -0.15) is 13.2 Å². The quantitative estimate of drug-likeness (QED) is 0.127. The second-order valence-electron chi connectivity index (χ2n) is 9.82. The molecule has 0 spiro atoms. The number of thiophene rings is 1. The molecule has 2 amide bonds. The summed E-state index contributed by atoms with van der Waals surface area (Å²) in [4.78, 5) is 42.2. The van der Waals surface area contributed by atoms with Crippen molar-refractivity contribution in [3.05, 3.63) is 81.7 Å². The lowest BCUT2D eigenvalue weighted by Crippen LogP contribution is -2.24. The number of fused-ring (bicyclic) bond motifs is 1. The molecule has 0 aliphatic rings. The minimum absolute atomic E-state index is 0.0194. The molecule has 0 fully saturated rings. The number of hydrogen-bond acceptors (Lipinski definition) is 7. The molecule has 2 N–H and O–H groups in total. The van der Waals surface area contributed by atoms with Gasteiger partial charge in [0, 0.05) is 22.0 Å². The van der Waals surface area contributed by atoms with E-state index in [1.807, 2.05) is 0 Å². The van der Waals surface area contributed by atoms with Crippen molar-refractivity contribution in [1.82, 2.24) is 4.98 Å². The number of pyridine rings is 1. The first-order chi connectivity index (χ1) is 19.6. The Morgan fingerprint density at radius 2 is 1.76 bits per heavy atom. The van der Waals surface area contributed by atoms with Gasteiger partial charge in [-0.1, -0.05) is 17.7 Å². The summed E-state index contributed by atoms with van der Waals surface area (Å²) in [6.07, 6.45) is -3.65. The number of alkyl halides is 3. The van der Waals surface area contributed by atoms with E-state index >= 15 is 0 Å². The van der Waals surface area contributed by atoms with E-state index in [2.05, 4.69) is 15.6 Å². The van der Waals surface area contributed by atoms with Crippen LogP contribution in [0.25, 0.3) is 10.1 Å². The molecule has 0 unspecified atom stereocenters. The van der Waals surface area contributed by atoms with Crippen LogP contribution in [0.5, 0.6) is 5.75 Å². The van der Waals surface area contributed by atoms with Gasteiger partial charge in [0.15, 0.2) is 6.61 Å². The first-order valence-corrected chi connectivity index (χ1v) is 13.3. The standard InChI is InChI=1S/C28H22ClF4N3O5S/c1-27(2,3)41-26(39)14-5-4-6-16(9-14)40-13-22(37)36-23-17-12-34-21(29)11-20(17)42-24(23)25(38)35-15-7-8-19(30)18(10-15)28(31,32)33/h4-12H,13H2,1-3H3,(H,35,38)(H,36,37). The minimum atomic E-state index is -4.98. The summed E-state index contributed by atoms with van der Waals surface area (Å²) in [6, 6.07) is 9.50. The van der Waals surface area contributed by atoms with E-state index in [1.54, 1.807) is 26.8 Å². The fraction of sp³-hybridized carbons (Fsp3) is 0.214. The number of carbonyl (C=O) groups excluding carboxylic acids is 3. The van der Waals surface area contributed by atoms with E-state index in [9.17, 15) is 31.9 Å². The number of amides is 2. The van der Waals surface area contributed by atoms with Crippen molar-refractivity contribution < 1.29 is 41.4 Å². The minimum Gasteiger partial charge on any atom is -0.484 e. The van der Waals surface area contributed by atoms with Gasteiger partial charge in [-0.3, -0.25) is 9.59 Å². The van der Waals surface area contributed by atoms with Crippen molar-refractivity contribution in [2.75, 3.05) is 17.2 Å². The Hall–Kier alpha value is -4.23. The molecule has 2 heterocycles. The Labute approximate surface area is 245 Å². The number of nitrogens with zero attached hydrogens (tertiary/aromatic N) is 1. The summed E-state index contributed by atoms with van der Waals surface area (Å²) in [5, 5.41) is 5.32. The van der Waals surface area contributed by atoms with Gasteiger partial charge in [-0.15, -0.1) is 11.3 Å². The molecule has 42 heavy (non-hydrogen) atoms. The number of anilines is 2. The van der Waals surface area contributed by atoms with Crippen molar-refractivity contribution in [3.8, 4) is 5.75 Å². The van der Waals surface area contributed by atoms with Crippen LogP contribution in [0.15, 0.2) is 54.7 Å². The summed E-state index contributed by atoms with van der Waals surface area (Å²) in [7, 11) is 0. The van der Waals surface area contributed by atoms with Crippen LogP contribution in [0.2, 0.25) is 5.15 Å². The number of rotatable bonds is 7. The molecule has 0 saturated carbocycles. The highest BCUT2D eigenvalue weighted by Crippen LogP contribution is 2.38. The fourth-order valence-corrected chi connectivity index (χ4v) is 4.92. The molecule has 0 atom stereocenters. The van der Waals surface area contributed by atoms with Crippen LogP contribution in [-0.4, -0.2) is 35.0 Å². The molecule has 0 aliphatic heterocycles. The van der Waals surface area contributed by atoms with Crippen molar-refractivity contribution in [2.24, 2.45) is 0 Å². The average molecular weight is 624 g/mol. The second-order valence-corrected chi connectivity index (χ2v) is 11.3. The number of esters is 1. The normalized spacial score (nSPS) is 11.7. The van der Waals surface area contributed by atoms with Crippen LogP contribution >= 0.6 is 22.9 Å². The van der Waals surface area contributed by atoms with Crippen molar-refractivity contribution in [3.63, 3.8) is 0 Å². The predicted octanol–water partition coefficient (Wildman–Crippen LogP) is 7.33. The van der Waals surface area contributed by atoms with Gasteiger partial charge in [-0.05, 0) is 63.2 Å². The highest BCUT2D eigenvalue weighted by atomic mass is 35.5. The molecule has 2 aromatic carbocycles. The summed E-state index contributed by atoms with van der Waals surface area (Å²) in [5.74, 6) is -3.43. The Balaban J connectivity index is 1.54. The third-order valence-electron chi connectivity index (χ3n) is 5.38. The van der Waals surface area contributed by atoms with Gasteiger partial charge in [0.05, 0.1) is 16.8 Å². The highest BCUT2D eigenvalue weighted by molar-refractivity contribution is 7.21. The number of aromatic nitrogens is 1. The smallest absolute Gasteiger partial charge is 0.419 e. The van der Waals surface area contributed by atoms with Crippen LogP contribution in [0, 0.1) is 5.82 Å². The Bertz CT molecular complexity index is 1680. The molecule has 0 bridgehead atoms. The highest BCUT2D eigenvalue weighted by Gasteiger charge is 2.34. The van der Waals surface area contributed by atoms with Gasteiger partial charge in [-0.25, -0.2) is 14.2 Å². The SMILES string of the molecule is CC(C)(C)OC(=O)c1cccc(OCC(=O)Nc2c(C(=O)Nc3ccc(F)c(C(F)(F)F)c3)sc3cc(Cl)ncc23)c1. The molecule has 0 radical (unpaired) electrons. The third kappa shape index (κ3) is 7.53. The number of hydrogen-bond donors (Lipinski definition) is 2. The lowest BCUT2D eigenvalue weighted by molar-refractivity contribution is -0.140. The van der Waals surface area contributed by atoms with Crippen molar-refractivity contribution in [2.45, 2.75) is 32.5 Å². The lowest BCUT2D eigenvalue weighted by atomic mass is 10.1. The zero-order valence-corrected chi connectivity index (χ0v) is 23.8. The van der Waals surface area contributed by atoms with Crippen LogP contribution in [-0.2, 0) is 15.7 Å². The molecule has 8 nitrogen and oxygen atoms in total. The number of benzene rings is 2. The molecular formula is C28H22ClF4N3O5S. The summed E-state index contributed by atoms with van der Waals surface area (Å²) >= 11 is 6.88. The number of ether oxygens (including phenoxy) is 2. The Morgan fingerprint density at radius 1 is 1.02 bits per heavy atom. The first kappa shape index (κ1) is 30.7. The Kier molecular flexibility index (Phi) is 8.73. The predicted molar refractivity (Wildman–Crippen MR) is 150 cm³/mol. The van der Waals surface area contributed by atoms with Gasteiger partial charge in [0.1, 0.15) is 27.2 Å². The molecule has 220 valence electrons. The van der Waals surface area contributed by atoms with E-state index in [-0.39, 0.29) is 32.7 Å². The van der Waals surface area contributed by atoms with Crippen molar-refractivity contribution >= 4 is 62.2 Å². The topological polar surface area (TPSA) is 107 Å². The fourth-order valence-electron chi connectivity index (χ4n) is 3.63. The molecular weight excluding hydrogens is 602 g/mol. The van der Waals surface area contributed by atoms with Crippen molar-refractivity contribution in [1.29, 1.82) is 0 Å². The zero-order valence-electron chi connectivity index (χ0n) is 22.2. The second kappa shape index (κ2) is 11.9. The van der Waals surface area contributed by atoms with Crippen LogP contribution in [0.4, 0.5) is 28.9 Å². The van der Waals surface area contributed by atoms with E-state index in [4.69, 9.17) is 21.1 Å². The molecule has 0 aliphatic carbocycles. The third-order valence-corrected chi connectivity index (χ3v) is 6.74. The molecule has 14 heteroatoms. The van der Waals surface area contributed by atoms with Gasteiger partial charge in [0.2, 0.25) is 0 Å². The van der Waals surface area contributed by atoms with E-state index < -0.39 is 47.5 Å². The monoisotopic (exact) mass is 623 g/mol. The first-order valence-electron chi connectivity index (χ1n) is 12.1. The number of halogens is 5. The molecule has 0 saturated heterocycles. The maximum atomic E-state index is 13.7. The maximum Gasteiger partial charge on any atom is 0.419 e.